The molecule has 3 fully saturated rings. The lowest BCUT2D eigenvalue weighted by atomic mass is 9.77. The van der Waals surface area contributed by atoms with Crippen LogP contribution in [0.1, 0.15) is 25.0 Å². The number of hydrogen-bond donors (Lipinski definition) is 2. The number of aliphatic hydroxyl groups is 1. The van der Waals surface area contributed by atoms with Gasteiger partial charge in [0.1, 0.15) is 5.82 Å². The van der Waals surface area contributed by atoms with Crippen LogP contribution in [0.4, 0.5) is 17.2 Å². The van der Waals surface area contributed by atoms with E-state index in [0.29, 0.717) is 17.6 Å². The van der Waals surface area contributed by atoms with Crippen LogP contribution in [0.2, 0.25) is 5.02 Å². The molecule has 1 aliphatic carbocycles. The van der Waals surface area contributed by atoms with Crippen molar-refractivity contribution in [3.05, 3.63) is 41.0 Å². The highest BCUT2D eigenvalue weighted by atomic mass is 35.5. The number of nitrogens with one attached hydrogen (secondary N) is 1. The first kappa shape index (κ1) is 20.8. The molecule has 2 N–H and O–H groups in total. The number of fused-ring (bicyclic) bond motifs is 2. The Labute approximate surface area is 196 Å². The minimum Gasteiger partial charge on any atom is -0.394 e. The van der Waals surface area contributed by atoms with Crippen LogP contribution in [0.5, 0.6) is 0 Å². The molecule has 0 radical (unpaired) electrons. The maximum Gasteiger partial charge on any atom is 0.130 e. The third-order valence-electron chi connectivity index (χ3n) is 7.80. The van der Waals surface area contributed by atoms with E-state index in [0.717, 1.165) is 79.0 Å². The zero-order valence-electron chi connectivity index (χ0n) is 18.1. The molecule has 4 aliphatic rings. The van der Waals surface area contributed by atoms with E-state index in [1.54, 1.807) is 0 Å². The zero-order valence-corrected chi connectivity index (χ0v) is 19.7. The summed E-state index contributed by atoms with van der Waals surface area (Å²) in [4.78, 5) is 10.7. The van der Waals surface area contributed by atoms with Crippen molar-refractivity contribution in [1.29, 1.82) is 0 Å². The highest BCUT2D eigenvalue weighted by molar-refractivity contribution is 7.85. The van der Waals surface area contributed by atoms with Gasteiger partial charge in [-0.15, -0.1) is 0 Å². The van der Waals surface area contributed by atoms with Crippen LogP contribution in [0.25, 0.3) is 0 Å². The van der Waals surface area contributed by atoms with Gasteiger partial charge >= 0.3 is 0 Å². The maximum absolute atomic E-state index is 12.7. The van der Waals surface area contributed by atoms with Crippen molar-refractivity contribution >= 4 is 39.6 Å². The standard InChI is InChI=1S/C24H29ClN4O2S/c25-18-2-4-19(5-3-18)28-11-16-13-29(14-17(16)12-28)22-10-21(27-24(15-30)7-1-8-24)23-20(26-22)6-9-32(23)31/h2-5,10,16-17,30H,1,6-9,11-15H2,(H,26,27). The molecule has 2 saturated heterocycles. The largest absolute Gasteiger partial charge is 0.394 e. The number of benzene rings is 1. The van der Waals surface area contributed by atoms with E-state index in [2.05, 4.69) is 33.3 Å². The lowest BCUT2D eigenvalue weighted by Crippen LogP contribution is -2.48. The normalized spacial score (nSPS) is 27.9. The number of nitrogens with zero attached hydrogens (tertiary/aromatic N) is 3. The number of rotatable bonds is 5. The van der Waals surface area contributed by atoms with E-state index in [1.165, 1.54) is 5.69 Å². The van der Waals surface area contributed by atoms with Crippen molar-refractivity contribution in [1.82, 2.24) is 4.98 Å². The highest BCUT2D eigenvalue weighted by Gasteiger charge is 2.42. The number of pyridine rings is 1. The predicted molar refractivity (Wildman–Crippen MR) is 129 cm³/mol. The van der Waals surface area contributed by atoms with Crippen LogP contribution in [-0.2, 0) is 17.2 Å². The molecular weight excluding hydrogens is 444 g/mol. The molecule has 170 valence electrons. The Morgan fingerprint density at radius 1 is 1.12 bits per heavy atom. The van der Waals surface area contributed by atoms with Crippen LogP contribution in [0.15, 0.2) is 35.2 Å². The lowest BCUT2D eigenvalue weighted by molar-refractivity contribution is 0.144. The Hall–Kier alpha value is -1.83. The lowest BCUT2D eigenvalue weighted by Gasteiger charge is -2.42. The molecule has 1 aromatic heterocycles. The van der Waals surface area contributed by atoms with Crippen LogP contribution >= 0.6 is 11.6 Å². The van der Waals surface area contributed by atoms with E-state index in [4.69, 9.17) is 16.6 Å². The van der Waals surface area contributed by atoms with E-state index in [-0.39, 0.29) is 12.1 Å². The van der Waals surface area contributed by atoms with Gasteiger partial charge in [-0.05, 0) is 43.5 Å². The molecule has 8 heteroatoms. The monoisotopic (exact) mass is 472 g/mol. The summed E-state index contributed by atoms with van der Waals surface area (Å²) < 4.78 is 12.7. The summed E-state index contributed by atoms with van der Waals surface area (Å²) >= 11 is 6.06. The molecule has 32 heavy (non-hydrogen) atoms. The smallest absolute Gasteiger partial charge is 0.130 e. The van der Waals surface area contributed by atoms with E-state index >= 15 is 0 Å². The first-order chi connectivity index (χ1) is 15.5. The van der Waals surface area contributed by atoms with Gasteiger partial charge in [0.2, 0.25) is 0 Å². The van der Waals surface area contributed by atoms with Gasteiger partial charge in [-0.3, -0.25) is 4.21 Å². The number of aryl methyl sites for hydroxylation is 1. The molecule has 0 spiro atoms. The Bertz CT molecular complexity index is 1040. The highest BCUT2D eigenvalue weighted by Crippen LogP contribution is 2.41. The van der Waals surface area contributed by atoms with Crippen molar-refractivity contribution in [2.75, 3.05) is 53.7 Å². The first-order valence-electron chi connectivity index (χ1n) is 11.6. The molecule has 0 amide bonds. The van der Waals surface area contributed by atoms with Gasteiger partial charge in [0, 0.05) is 67.0 Å². The van der Waals surface area contributed by atoms with Gasteiger partial charge in [-0.25, -0.2) is 4.98 Å². The molecule has 1 aromatic carbocycles. The van der Waals surface area contributed by atoms with Crippen LogP contribution < -0.4 is 15.1 Å². The molecule has 3 unspecified atom stereocenters. The molecule has 0 bridgehead atoms. The third-order valence-corrected chi connectivity index (χ3v) is 9.53. The summed E-state index contributed by atoms with van der Waals surface area (Å²) in [5.41, 5.74) is 2.87. The second kappa shape index (κ2) is 7.89. The topological polar surface area (TPSA) is 68.7 Å². The van der Waals surface area contributed by atoms with E-state index in [1.807, 2.05) is 12.1 Å². The number of halogens is 1. The fourth-order valence-corrected chi connectivity index (χ4v) is 7.27. The summed E-state index contributed by atoms with van der Waals surface area (Å²) in [6.07, 6.45) is 3.80. The zero-order chi connectivity index (χ0) is 21.9. The molecule has 2 aromatic rings. The van der Waals surface area contributed by atoms with Crippen molar-refractivity contribution in [3.8, 4) is 0 Å². The van der Waals surface area contributed by atoms with Crippen LogP contribution in [-0.4, -0.2) is 58.4 Å². The Balaban J connectivity index is 1.22. The van der Waals surface area contributed by atoms with Gasteiger partial charge in [0.05, 0.1) is 39.2 Å². The SMILES string of the molecule is O=S1CCc2nc(N3CC4CN(c5ccc(Cl)cc5)CC4C3)cc(NC3(CO)CCC3)c21. The number of hydrogen-bond acceptors (Lipinski definition) is 6. The van der Waals surface area contributed by atoms with E-state index < -0.39 is 10.8 Å². The molecule has 6 rings (SSSR count). The summed E-state index contributed by atoms with van der Waals surface area (Å²) in [5.74, 6) is 2.86. The van der Waals surface area contributed by atoms with Crippen molar-refractivity contribution in [2.45, 2.75) is 36.1 Å². The molecule has 3 aliphatic heterocycles. The average molecular weight is 473 g/mol. The fourth-order valence-electron chi connectivity index (χ4n) is 5.80. The second-order valence-electron chi connectivity index (χ2n) is 9.83. The number of aliphatic hydroxyl groups excluding tert-OH is 1. The van der Waals surface area contributed by atoms with Gasteiger partial charge in [0.15, 0.2) is 0 Å². The van der Waals surface area contributed by atoms with Gasteiger partial charge in [0.25, 0.3) is 0 Å². The minimum atomic E-state index is -1.01. The van der Waals surface area contributed by atoms with Gasteiger partial charge in [-0.2, -0.15) is 0 Å². The predicted octanol–water partition coefficient (Wildman–Crippen LogP) is 3.30. The van der Waals surface area contributed by atoms with Crippen molar-refractivity contribution in [3.63, 3.8) is 0 Å². The summed E-state index contributed by atoms with van der Waals surface area (Å²) in [6.45, 7) is 4.20. The Morgan fingerprint density at radius 2 is 1.81 bits per heavy atom. The minimum absolute atomic E-state index is 0.112. The Kier molecular flexibility index (Phi) is 5.12. The summed E-state index contributed by atoms with van der Waals surface area (Å²) in [6, 6.07) is 10.2. The second-order valence-corrected chi connectivity index (χ2v) is 11.8. The average Bonchev–Trinajstić information content (AvgIpc) is 3.44. The third kappa shape index (κ3) is 3.49. The molecule has 6 nitrogen and oxygen atoms in total. The number of anilines is 3. The summed E-state index contributed by atoms with van der Waals surface area (Å²) in [5, 5.41) is 14.3. The molecule has 1 saturated carbocycles. The molecule has 4 heterocycles. The van der Waals surface area contributed by atoms with Crippen LogP contribution in [0, 0.1) is 11.8 Å². The quantitative estimate of drug-likeness (QED) is 0.696. The fraction of sp³-hybridized carbons (Fsp3) is 0.542. The van der Waals surface area contributed by atoms with Gasteiger partial charge < -0.3 is 20.2 Å². The summed E-state index contributed by atoms with van der Waals surface area (Å²) in [7, 11) is -1.01. The van der Waals surface area contributed by atoms with Crippen LogP contribution in [0.3, 0.4) is 0 Å². The van der Waals surface area contributed by atoms with Crippen molar-refractivity contribution < 1.29 is 9.32 Å². The molecule has 3 atom stereocenters. The first-order valence-corrected chi connectivity index (χ1v) is 13.3. The van der Waals surface area contributed by atoms with Gasteiger partial charge in [-0.1, -0.05) is 11.6 Å². The Morgan fingerprint density at radius 3 is 2.44 bits per heavy atom. The maximum atomic E-state index is 12.7. The number of aromatic nitrogens is 1. The molecular formula is C24H29ClN4O2S. The van der Waals surface area contributed by atoms with Crippen molar-refractivity contribution in [2.24, 2.45) is 11.8 Å². The van der Waals surface area contributed by atoms with E-state index in [9.17, 15) is 9.32 Å².